The smallest absolute Gasteiger partial charge is 0.220 e. The van der Waals surface area contributed by atoms with Crippen molar-refractivity contribution in [2.24, 2.45) is 17.3 Å². The van der Waals surface area contributed by atoms with Gasteiger partial charge in [0.2, 0.25) is 5.91 Å². The molecule has 1 aromatic rings. The van der Waals surface area contributed by atoms with Gasteiger partial charge in [-0.05, 0) is 61.3 Å². The van der Waals surface area contributed by atoms with E-state index in [-0.39, 0.29) is 11.3 Å². The molecule has 0 bridgehead atoms. The highest BCUT2D eigenvalue weighted by Crippen LogP contribution is 2.28. The van der Waals surface area contributed by atoms with Crippen molar-refractivity contribution >= 4 is 5.91 Å². The number of carbonyl (C=O) groups is 1. The van der Waals surface area contributed by atoms with E-state index in [4.69, 9.17) is 4.84 Å². The maximum atomic E-state index is 12.1. The normalized spacial score (nSPS) is 24.4. The van der Waals surface area contributed by atoms with Gasteiger partial charge in [0.25, 0.3) is 0 Å². The molecule has 1 heterocycles. The first-order chi connectivity index (χ1) is 13.4. The number of amides is 1. The van der Waals surface area contributed by atoms with Crippen LogP contribution in [-0.2, 0) is 16.1 Å². The van der Waals surface area contributed by atoms with Crippen molar-refractivity contribution in [3.63, 3.8) is 0 Å². The summed E-state index contributed by atoms with van der Waals surface area (Å²) in [6.45, 7) is 9.21. The summed E-state index contributed by atoms with van der Waals surface area (Å²) in [5.74, 6) is 1.54. The molecule has 4 nitrogen and oxygen atoms in total. The Hall–Kier alpha value is -1.39. The molecule has 4 heteroatoms. The van der Waals surface area contributed by atoms with Crippen LogP contribution in [0.2, 0.25) is 0 Å². The van der Waals surface area contributed by atoms with Crippen LogP contribution in [0.3, 0.4) is 0 Å². The van der Waals surface area contributed by atoms with E-state index in [1.165, 1.54) is 24.8 Å². The highest BCUT2D eigenvalue weighted by molar-refractivity contribution is 5.76. The number of nitrogens with one attached hydrogen (secondary N) is 1. The molecule has 156 valence electrons. The molecular weight excluding hydrogens is 348 g/mol. The van der Waals surface area contributed by atoms with Crippen LogP contribution in [0.5, 0.6) is 0 Å². The van der Waals surface area contributed by atoms with Gasteiger partial charge in [0.15, 0.2) is 0 Å². The summed E-state index contributed by atoms with van der Waals surface area (Å²) in [4.78, 5) is 18.3. The van der Waals surface area contributed by atoms with Gasteiger partial charge >= 0.3 is 0 Å². The average molecular weight is 387 g/mol. The molecule has 0 radical (unpaired) electrons. The van der Waals surface area contributed by atoms with E-state index in [9.17, 15) is 4.79 Å². The van der Waals surface area contributed by atoms with Gasteiger partial charge in [-0.1, -0.05) is 51.1 Å². The lowest BCUT2D eigenvalue weighted by molar-refractivity contribution is -0.183. The number of piperidine rings is 1. The second-order valence-corrected chi connectivity index (χ2v) is 10.0. The number of carbonyl (C=O) groups excluding carboxylic acids is 1. The molecule has 0 unspecified atom stereocenters. The average Bonchev–Trinajstić information content (AvgIpc) is 3.07. The molecule has 1 aliphatic carbocycles. The number of hydrogen-bond acceptors (Lipinski definition) is 3. The Morgan fingerprint density at radius 3 is 2.46 bits per heavy atom. The summed E-state index contributed by atoms with van der Waals surface area (Å²) in [7, 11) is 0. The Bertz CT molecular complexity index is 603. The van der Waals surface area contributed by atoms with E-state index >= 15 is 0 Å². The third-order valence-electron chi connectivity index (χ3n) is 6.03. The van der Waals surface area contributed by atoms with E-state index in [0.29, 0.717) is 18.4 Å². The molecule has 2 fully saturated rings. The van der Waals surface area contributed by atoms with Crippen LogP contribution in [0.1, 0.15) is 64.9 Å². The van der Waals surface area contributed by atoms with Gasteiger partial charge in [-0.15, -0.1) is 0 Å². The van der Waals surface area contributed by atoms with Gasteiger partial charge in [-0.25, -0.2) is 0 Å². The molecule has 1 aromatic carbocycles. The first kappa shape index (κ1) is 21.3. The third kappa shape index (κ3) is 7.21. The standard InChI is InChI=1S/C24H38N2O2/c1-24(2,3)17-23(27)25-22-10-9-21(16-22)18-28-26-13-11-20(12-14-26)15-19-7-5-4-6-8-19/h4-8,20-22H,9-18H2,1-3H3,(H,25,27)/t21-,22+/m0/s1. The maximum absolute atomic E-state index is 12.1. The molecule has 0 aromatic heterocycles. The second kappa shape index (κ2) is 9.89. The minimum Gasteiger partial charge on any atom is -0.353 e. The molecule has 2 atom stereocenters. The topological polar surface area (TPSA) is 41.6 Å². The predicted molar refractivity (Wildman–Crippen MR) is 114 cm³/mol. The fourth-order valence-electron chi connectivity index (χ4n) is 4.52. The van der Waals surface area contributed by atoms with Crippen LogP contribution >= 0.6 is 0 Å². The van der Waals surface area contributed by atoms with Crippen molar-refractivity contribution < 1.29 is 9.63 Å². The molecule has 3 rings (SSSR count). The Balaban J connectivity index is 1.30. The van der Waals surface area contributed by atoms with Gasteiger partial charge in [-0.3, -0.25) is 9.63 Å². The molecule has 2 aliphatic rings. The molecule has 1 saturated heterocycles. The quantitative estimate of drug-likeness (QED) is 0.745. The molecule has 0 spiro atoms. The first-order valence-corrected chi connectivity index (χ1v) is 11.1. The van der Waals surface area contributed by atoms with Gasteiger partial charge in [0, 0.05) is 25.6 Å². The fraction of sp³-hybridized carbons (Fsp3) is 0.708. The van der Waals surface area contributed by atoms with Gasteiger partial charge in [0.1, 0.15) is 0 Å². The number of nitrogens with zero attached hydrogens (tertiary/aromatic N) is 1. The number of hydrogen-bond donors (Lipinski definition) is 1. The van der Waals surface area contributed by atoms with Crippen molar-refractivity contribution in [3.8, 4) is 0 Å². The SMILES string of the molecule is CC(C)(C)CC(=O)N[C@@H]1CC[C@H](CON2CCC(Cc3ccccc3)CC2)C1. The zero-order valence-electron chi connectivity index (χ0n) is 18.0. The van der Waals surface area contributed by atoms with Crippen LogP contribution in [-0.4, -0.2) is 36.7 Å². The monoisotopic (exact) mass is 386 g/mol. The van der Waals surface area contributed by atoms with Crippen molar-refractivity contribution in [2.75, 3.05) is 19.7 Å². The van der Waals surface area contributed by atoms with Gasteiger partial charge in [-0.2, -0.15) is 5.06 Å². The van der Waals surface area contributed by atoms with Crippen molar-refractivity contribution in [3.05, 3.63) is 35.9 Å². The minimum atomic E-state index is 0.0534. The lowest BCUT2D eigenvalue weighted by Gasteiger charge is -2.32. The van der Waals surface area contributed by atoms with Crippen molar-refractivity contribution in [2.45, 2.75) is 71.8 Å². The third-order valence-corrected chi connectivity index (χ3v) is 6.03. The van der Waals surface area contributed by atoms with Crippen molar-refractivity contribution in [1.82, 2.24) is 10.4 Å². The first-order valence-electron chi connectivity index (χ1n) is 11.1. The number of hydroxylamine groups is 2. The lowest BCUT2D eigenvalue weighted by Crippen LogP contribution is -2.36. The van der Waals surface area contributed by atoms with E-state index < -0.39 is 0 Å². The molecule has 1 N–H and O–H groups in total. The second-order valence-electron chi connectivity index (χ2n) is 10.0. The highest BCUT2D eigenvalue weighted by Gasteiger charge is 2.28. The lowest BCUT2D eigenvalue weighted by atomic mass is 9.91. The zero-order valence-corrected chi connectivity index (χ0v) is 18.0. The Morgan fingerprint density at radius 2 is 1.79 bits per heavy atom. The van der Waals surface area contributed by atoms with Crippen LogP contribution in [0, 0.1) is 17.3 Å². The number of benzene rings is 1. The highest BCUT2D eigenvalue weighted by atomic mass is 16.7. The molecule has 1 saturated carbocycles. The van der Waals surface area contributed by atoms with E-state index in [1.807, 2.05) is 0 Å². The maximum Gasteiger partial charge on any atom is 0.220 e. The minimum absolute atomic E-state index is 0.0534. The summed E-state index contributed by atoms with van der Waals surface area (Å²) in [6, 6.07) is 11.2. The molecule has 1 aliphatic heterocycles. The Morgan fingerprint density at radius 1 is 1.07 bits per heavy atom. The van der Waals surface area contributed by atoms with Crippen LogP contribution < -0.4 is 5.32 Å². The van der Waals surface area contributed by atoms with Crippen molar-refractivity contribution in [1.29, 1.82) is 0 Å². The van der Waals surface area contributed by atoms with Crippen LogP contribution in [0.15, 0.2) is 30.3 Å². The van der Waals surface area contributed by atoms with Gasteiger partial charge < -0.3 is 5.32 Å². The summed E-state index contributed by atoms with van der Waals surface area (Å²) in [5, 5.41) is 5.40. The summed E-state index contributed by atoms with van der Waals surface area (Å²) in [6.07, 6.45) is 7.51. The van der Waals surface area contributed by atoms with Gasteiger partial charge in [0.05, 0.1) is 6.61 Å². The molecule has 28 heavy (non-hydrogen) atoms. The van der Waals surface area contributed by atoms with Crippen LogP contribution in [0.4, 0.5) is 0 Å². The van der Waals surface area contributed by atoms with E-state index in [1.54, 1.807) is 0 Å². The van der Waals surface area contributed by atoms with E-state index in [0.717, 1.165) is 44.9 Å². The predicted octanol–water partition coefficient (Wildman–Crippen LogP) is 4.59. The molecule has 1 amide bonds. The largest absolute Gasteiger partial charge is 0.353 e. The summed E-state index contributed by atoms with van der Waals surface area (Å²) < 4.78 is 0. The Kier molecular flexibility index (Phi) is 7.53. The fourth-order valence-corrected chi connectivity index (χ4v) is 4.52. The summed E-state index contributed by atoms with van der Waals surface area (Å²) in [5.41, 5.74) is 1.50. The van der Waals surface area contributed by atoms with E-state index in [2.05, 4.69) is 61.5 Å². The number of rotatable bonds is 7. The Labute approximate surface area is 171 Å². The van der Waals surface area contributed by atoms with Crippen LogP contribution in [0.25, 0.3) is 0 Å². The molecular formula is C24H38N2O2. The zero-order chi connectivity index (χ0) is 20.0. The summed E-state index contributed by atoms with van der Waals surface area (Å²) >= 11 is 0.